The maximum absolute atomic E-state index is 10.6. The minimum absolute atomic E-state index is 0.536. The number of ether oxygens (including phenoxy) is 1. The normalized spacial score (nSPS) is 17.1. The number of nitrogens with zero attached hydrogens (tertiary/aromatic N) is 1. The van der Waals surface area contributed by atoms with Crippen LogP contribution in [-0.2, 0) is 0 Å². The van der Waals surface area contributed by atoms with Gasteiger partial charge in [0.25, 0.3) is 0 Å². The number of hydrogen-bond acceptors (Lipinski definition) is 3. The first-order chi connectivity index (χ1) is 9.13. The van der Waals surface area contributed by atoms with Gasteiger partial charge in [-0.3, -0.25) is 5.32 Å². The van der Waals surface area contributed by atoms with Gasteiger partial charge in [-0.25, -0.2) is 4.79 Å². The van der Waals surface area contributed by atoms with E-state index in [-0.39, 0.29) is 0 Å². The first kappa shape index (κ1) is 13.7. The van der Waals surface area contributed by atoms with Gasteiger partial charge in [0.1, 0.15) is 5.75 Å². The summed E-state index contributed by atoms with van der Waals surface area (Å²) in [6.07, 6.45) is 1.25. The fourth-order valence-electron chi connectivity index (χ4n) is 2.23. The summed E-state index contributed by atoms with van der Waals surface area (Å²) in [6.45, 7) is 2.94. The average molecular weight is 264 g/mol. The summed E-state index contributed by atoms with van der Waals surface area (Å²) < 4.78 is 5.75. The predicted octanol–water partition coefficient (Wildman–Crippen LogP) is 2.50. The summed E-state index contributed by atoms with van der Waals surface area (Å²) in [5, 5.41) is 11.0. The second-order valence-corrected chi connectivity index (χ2v) is 5.02. The van der Waals surface area contributed by atoms with Crippen LogP contribution in [0.15, 0.2) is 24.3 Å². The molecule has 0 spiro atoms. The van der Waals surface area contributed by atoms with Crippen LogP contribution in [0.1, 0.15) is 12.8 Å². The lowest BCUT2D eigenvalue weighted by Gasteiger charge is -2.28. The summed E-state index contributed by atoms with van der Waals surface area (Å²) in [6, 6.07) is 7.05. The van der Waals surface area contributed by atoms with Gasteiger partial charge >= 0.3 is 6.09 Å². The number of carbonyl (C=O) groups is 1. The Kier molecular flexibility index (Phi) is 4.63. The molecule has 1 heterocycles. The highest BCUT2D eigenvalue weighted by Gasteiger charge is 2.17. The molecule has 2 rings (SSSR count). The zero-order valence-electron chi connectivity index (χ0n) is 11.1. The number of nitrogens with one attached hydrogen (secondary N) is 1. The summed E-state index contributed by atoms with van der Waals surface area (Å²) in [5.41, 5.74) is 0.536. The van der Waals surface area contributed by atoms with Crippen LogP contribution in [0, 0.1) is 5.92 Å². The molecule has 1 saturated heterocycles. The monoisotopic (exact) mass is 264 g/mol. The van der Waals surface area contributed by atoms with E-state index in [4.69, 9.17) is 9.84 Å². The van der Waals surface area contributed by atoms with Gasteiger partial charge in [0.05, 0.1) is 6.61 Å². The van der Waals surface area contributed by atoms with Crippen molar-refractivity contribution in [1.82, 2.24) is 4.90 Å². The lowest BCUT2D eigenvalue weighted by atomic mass is 9.98. The highest BCUT2D eigenvalue weighted by molar-refractivity contribution is 5.83. The van der Waals surface area contributed by atoms with Gasteiger partial charge in [0, 0.05) is 11.8 Å². The van der Waals surface area contributed by atoms with E-state index in [1.54, 1.807) is 18.2 Å². The van der Waals surface area contributed by atoms with Crippen molar-refractivity contribution in [3.8, 4) is 5.75 Å². The fraction of sp³-hybridized carbons (Fsp3) is 0.500. The number of piperidine rings is 1. The number of rotatable bonds is 4. The number of likely N-dealkylation sites (tertiary alicyclic amines) is 1. The topological polar surface area (TPSA) is 61.8 Å². The summed E-state index contributed by atoms with van der Waals surface area (Å²) >= 11 is 0. The fourth-order valence-corrected chi connectivity index (χ4v) is 2.23. The highest BCUT2D eigenvalue weighted by Crippen LogP contribution is 2.21. The molecule has 0 atom stereocenters. The molecule has 1 aromatic rings. The summed E-state index contributed by atoms with van der Waals surface area (Å²) in [7, 11) is 2.14. The third-order valence-electron chi connectivity index (χ3n) is 3.41. The Bertz CT molecular complexity index is 428. The number of benzene rings is 1. The van der Waals surface area contributed by atoms with Gasteiger partial charge in [-0.1, -0.05) is 6.07 Å². The van der Waals surface area contributed by atoms with Crippen LogP contribution >= 0.6 is 0 Å². The molecule has 0 aliphatic carbocycles. The standard InChI is InChI=1S/C14H20N2O3/c1-16-7-5-11(6-8-16)10-19-13-4-2-3-12(9-13)15-14(17)18/h2-4,9,11,15H,5-8,10H2,1H3,(H,17,18). The van der Waals surface area contributed by atoms with Gasteiger partial charge < -0.3 is 14.7 Å². The molecule has 0 radical (unpaired) electrons. The molecular weight excluding hydrogens is 244 g/mol. The molecule has 5 nitrogen and oxygen atoms in total. The van der Waals surface area contributed by atoms with Gasteiger partial charge in [-0.15, -0.1) is 0 Å². The smallest absolute Gasteiger partial charge is 0.409 e. The van der Waals surface area contributed by atoms with E-state index in [0.717, 1.165) is 25.9 Å². The molecule has 104 valence electrons. The quantitative estimate of drug-likeness (QED) is 0.877. The second-order valence-electron chi connectivity index (χ2n) is 5.02. The van der Waals surface area contributed by atoms with Crippen molar-refractivity contribution in [2.45, 2.75) is 12.8 Å². The van der Waals surface area contributed by atoms with Crippen molar-refractivity contribution < 1.29 is 14.6 Å². The molecule has 0 unspecified atom stereocenters. The van der Waals surface area contributed by atoms with Gasteiger partial charge in [0.15, 0.2) is 0 Å². The van der Waals surface area contributed by atoms with Crippen molar-refractivity contribution in [3.63, 3.8) is 0 Å². The Morgan fingerprint density at radius 1 is 1.47 bits per heavy atom. The van der Waals surface area contributed by atoms with E-state index in [0.29, 0.717) is 24.0 Å². The van der Waals surface area contributed by atoms with Crippen LogP contribution in [0.3, 0.4) is 0 Å². The Labute approximate surface area is 113 Å². The molecule has 2 N–H and O–H groups in total. The van der Waals surface area contributed by atoms with E-state index in [1.807, 2.05) is 6.07 Å². The van der Waals surface area contributed by atoms with Crippen LogP contribution in [-0.4, -0.2) is 42.8 Å². The SMILES string of the molecule is CN1CCC(COc2cccc(NC(=O)O)c2)CC1. The molecule has 1 aliphatic rings. The molecule has 0 aromatic heterocycles. The van der Waals surface area contributed by atoms with Crippen LogP contribution in [0.2, 0.25) is 0 Å². The number of hydrogen-bond donors (Lipinski definition) is 2. The molecule has 19 heavy (non-hydrogen) atoms. The molecule has 1 fully saturated rings. The Balaban J connectivity index is 1.83. The van der Waals surface area contributed by atoms with Gasteiger partial charge in [0.2, 0.25) is 0 Å². The highest BCUT2D eigenvalue weighted by atomic mass is 16.5. The second kappa shape index (κ2) is 6.43. The maximum Gasteiger partial charge on any atom is 0.409 e. The zero-order chi connectivity index (χ0) is 13.7. The molecule has 1 aliphatic heterocycles. The van der Waals surface area contributed by atoms with Crippen molar-refractivity contribution in [1.29, 1.82) is 0 Å². The van der Waals surface area contributed by atoms with Crippen LogP contribution in [0.4, 0.5) is 10.5 Å². The molecule has 0 bridgehead atoms. The number of anilines is 1. The molecule has 0 saturated carbocycles. The van der Waals surface area contributed by atoms with E-state index >= 15 is 0 Å². The van der Waals surface area contributed by atoms with Gasteiger partial charge in [-0.05, 0) is 51.0 Å². The van der Waals surface area contributed by atoms with Crippen molar-refractivity contribution in [3.05, 3.63) is 24.3 Å². The first-order valence-electron chi connectivity index (χ1n) is 6.55. The Morgan fingerprint density at radius 3 is 2.89 bits per heavy atom. The maximum atomic E-state index is 10.6. The molecule has 1 amide bonds. The number of amides is 1. The lowest BCUT2D eigenvalue weighted by molar-refractivity contribution is 0.160. The van der Waals surface area contributed by atoms with E-state index < -0.39 is 6.09 Å². The Morgan fingerprint density at radius 2 is 2.21 bits per heavy atom. The summed E-state index contributed by atoms with van der Waals surface area (Å²) in [5.74, 6) is 1.30. The first-order valence-corrected chi connectivity index (χ1v) is 6.55. The zero-order valence-corrected chi connectivity index (χ0v) is 11.1. The minimum atomic E-state index is -1.06. The largest absolute Gasteiger partial charge is 0.493 e. The third-order valence-corrected chi connectivity index (χ3v) is 3.41. The average Bonchev–Trinajstić information content (AvgIpc) is 2.38. The van der Waals surface area contributed by atoms with Crippen molar-refractivity contribution in [2.75, 3.05) is 32.1 Å². The van der Waals surface area contributed by atoms with Gasteiger partial charge in [-0.2, -0.15) is 0 Å². The summed E-state index contributed by atoms with van der Waals surface area (Å²) in [4.78, 5) is 12.9. The van der Waals surface area contributed by atoms with E-state index in [1.165, 1.54) is 0 Å². The molecular formula is C14H20N2O3. The molecule has 1 aromatic carbocycles. The predicted molar refractivity (Wildman–Crippen MR) is 73.8 cm³/mol. The Hall–Kier alpha value is -1.75. The van der Waals surface area contributed by atoms with E-state index in [9.17, 15) is 4.79 Å². The van der Waals surface area contributed by atoms with Crippen LogP contribution in [0.25, 0.3) is 0 Å². The van der Waals surface area contributed by atoms with Crippen molar-refractivity contribution >= 4 is 11.8 Å². The van der Waals surface area contributed by atoms with Crippen molar-refractivity contribution in [2.24, 2.45) is 5.92 Å². The van der Waals surface area contributed by atoms with Crippen LogP contribution < -0.4 is 10.1 Å². The minimum Gasteiger partial charge on any atom is -0.493 e. The molecule has 5 heteroatoms. The number of carboxylic acid groups (broad SMARTS) is 1. The lowest BCUT2D eigenvalue weighted by Crippen LogP contribution is -2.32. The van der Waals surface area contributed by atoms with Crippen LogP contribution in [0.5, 0.6) is 5.75 Å². The van der Waals surface area contributed by atoms with E-state index in [2.05, 4.69) is 17.3 Å². The third kappa shape index (κ3) is 4.44.